The molecule has 1 fully saturated rings. The van der Waals surface area contributed by atoms with E-state index in [1.165, 1.54) is 6.07 Å². The van der Waals surface area contributed by atoms with Gasteiger partial charge in [-0.15, -0.1) is 0 Å². The molecule has 126 valence electrons. The molecule has 0 saturated carbocycles. The topological polar surface area (TPSA) is 84.7 Å². The number of anilines is 1. The van der Waals surface area contributed by atoms with Gasteiger partial charge in [-0.1, -0.05) is 0 Å². The first kappa shape index (κ1) is 17.5. The lowest BCUT2D eigenvalue weighted by Crippen LogP contribution is -2.36. The molecule has 0 radical (unpaired) electrons. The van der Waals surface area contributed by atoms with Gasteiger partial charge >= 0.3 is 6.09 Å². The SMILES string of the molecule is CC(C)(C)OC(=O)N1CCC(Nc2ccc(Br)c([N+](=O)[O-])c2)C1. The summed E-state index contributed by atoms with van der Waals surface area (Å²) in [4.78, 5) is 24.2. The number of carbonyl (C=O) groups excluding carboxylic acids is 1. The fraction of sp³-hybridized carbons (Fsp3) is 0.533. The van der Waals surface area contributed by atoms with Crippen LogP contribution >= 0.6 is 15.9 Å². The molecule has 23 heavy (non-hydrogen) atoms. The van der Waals surface area contributed by atoms with Crippen LogP contribution in [0.1, 0.15) is 27.2 Å². The number of hydrogen-bond donors (Lipinski definition) is 1. The van der Waals surface area contributed by atoms with E-state index < -0.39 is 10.5 Å². The summed E-state index contributed by atoms with van der Waals surface area (Å²) in [6.45, 7) is 6.61. The van der Waals surface area contributed by atoms with Crippen molar-refractivity contribution in [1.29, 1.82) is 0 Å². The van der Waals surface area contributed by atoms with Crippen LogP contribution < -0.4 is 5.32 Å². The van der Waals surface area contributed by atoms with Crippen LogP contribution in [0.4, 0.5) is 16.2 Å². The number of amides is 1. The molecule has 0 aliphatic carbocycles. The Morgan fingerprint density at radius 1 is 1.48 bits per heavy atom. The van der Waals surface area contributed by atoms with Crippen LogP contribution in [0.2, 0.25) is 0 Å². The molecule has 1 heterocycles. The van der Waals surface area contributed by atoms with Gasteiger partial charge in [0.1, 0.15) is 5.60 Å². The lowest BCUT2D eigenvalue weighted by Gasteiger charge is -2.24. The highest BCUT2D eigenvalue weighted by atomic mass is 79.9. The van der Waals surface area contributed by atoms with Gasteiger partial charge in [-0.2, -0.15) is 0 Å². The lowest BCUT2D eigenvalue weighted by atomic mass is 10.2. The van der Waals surface area contributed by atoms with Crippen molar-refractivity contribution in [2.45, 2.75) is 38.8 Å². The van der Waals surface area contributed by atoms with Crippen LogP contribution in [0.15, 0.2) is 22.7 Å². The summed E-state index contributed by atoms with van der Waals surface area (Å²) in [6, 6.07) is 4.94. The van der Waals surface area contributed by atoms with Gasteiger partial charge < -0.3 is 15.0 Å². The Balaban J connectivity index is 1.97. The van der Waals surface area contributed by atoms with Crippen LogP contribution in [0, 0.1) is 10.1 Å². The standard InChI is InChI=1S/C15H20BrN3O4/c1-15(2,3)23-14(20)18-7-6-11(9-18)17-10-4-5-12(16)13(8-10)19(21)22/h4-5,8,11,17H,6-7,9H2,1-3H3. The summed E-state index contributed by atoms with van der Waals surface area (Å²) < 4.78 is 5.79. The maximum Gasteiger partial charge on any atom is 0.410 e. The monoisotopic (exact) mass is 385 g/mol. The molecule has 0 bridgehead atoms. The number of nitrogens with zero attached hydrogens (tertiary/aromatic N) is 2. The second kappa shape index (κ2) is 6.74. The fourth-order valence-electron chi connectivity index (χ4n) is 2.35. The number of ether oxygens (including phenoxy) is 1. The predicted molar refractivity (Wildman–Crippen MR) is 90.6 cm³/mol. The number of hydrogen-bond acceptors (Lipinski definition) is 5. The first-order valence-electron chi connectivity index (χ1n) is 7.34. The molecule has 1 aliphatic heterocycles. The highest BCUT2D eigenvalue weighted by Crippen LogP contribution is 2.29. The molecule has 1 amide bonds. The molecule has 1 aromatic carbocycles. The number of nitrogens with one attached hydrogen (secondary N) is 1. The van der Waals surface area contributed by atoms with E-state index in [2.05, 4.69) is 21.2 Å². The van der Waals surface area contributed by atoms with E-state index in [1.54, 1.807) is 17.0 Å². The quantitative estimate of drug-likeness (QED) is 0.631. The van der Waals surface area contributed by atoms with Crippen LogP contribution in [0.3, 0.4) is 0 Å². The lowest BCUT2D eigenvalue weighted by molar-refractivity contribution is -0.385. The zero-order chi connectivity index (χ0) is 17.2. The molecule has 2 rings (SSSR count). The highest BCUT2D eigenvalue weighted by molar-refractivity contribution is 9.10. The smallest absolute Gasteiger partial charge is 0.410 e. The molecule has 8 heteroatoms. The van der Waals surface area contributed by atoms with Crippen molar-refractivity contribution in [1.82, 2.24) is 4.90 Å². The van der Waals surface area contributed by atoms with E-state index >= 15 is 0 Å². The van der Waals surface area contributed by atoms with E-state index in [0.29, 0.717) is 23.2 Å². The first-order chi connectivity index (χ1) is 10.7. The van der Waals surface area contributed by atoms with Crippen LogP contribution in [-0.4, -0.2) is 40.6 Å². The third kappa shape index (κ3) is 4.82. The zero-order valence-electron chi connectivity index (χ0n) is 13.3. The van der Waals surface area contributed by atoms with Crippen LogP contribution in [0.25, 0.3) is 0 Å². The van der Waals surface area contributed by atoms with E-state index in [-0.39, 0.29) is 17.8 Å². The second-order valence-corrected chi connectivity index (χ2v) is 7.33. The van der Waals surface area contributed by atoms with Crippen molar-refractivity contribution < 1.29 is 14.5 Å². The maximum atomic E-state index is 12.0. The van der Waals surface area contributed by atoms with Gasteiger partial charge in [0, 0.05) is 30.9 Å². The molecule has 0 aromatic heterocycles. The molecule has 1 aromatic rings. The minimum Gasteiger partial charge on any atom is -0.444 e. The van der Waals surface area contributed by atoms with Crippen LogP contribution in [-0.2, 0) is 4.74 Å². The summed E-state index contributed by atoms with van der Waals surface area (Å²) in [5, 5.41) is 14.2. The molecule has 1 saturated heterocycles. The van der Waals surface area contributed by atoms with Gasteiger partial charge in [-0.3, -0.25) is 10.1 Å². The van der Waals surface area contributed by atoms with E-state index in [1.807, 2.05) is 20.8 Å². The molecule has 1 aliphatic rings. The van der Waals surface area contributed by atoms with Gasteiger partial charge in [0.15, 0.2) is 0 Å². The van der Waals surface area contributed by atoms with Gasteiger partial charge in [-0.25, -0.2) is 4.79 Å². The first-order valence-corrected chi connectivity index (χ1v) is 8.13. The normalized spacial score (nSPS) is 17.9. The van der Waals surface area contributed by atoms with E-state index in [4.69, 9.17) is 4.74 Å². The number of nitro groups is 1. The molecular formula is C15H20BrN3O4. The van der Waals surface area contributed by atoms with Crippen LogP contribution in [0.5, 0.6) is 0 Å². The summed E-state index contributed by atoms with van der Waals surface area (Å²) in [6.07, 6.45) is 0.437. The third-order valence-electron chi connectivity index (χ3n) is 3.35. The van der Waals surface area contributed by atoms with Crippen molar-refractivity contribution in [3.05, 3.63) is 32.8 Å². The summed E-state index contributed by atoms with van der Waals surface area (Å²) in [5.74, 6) is 0. The number of likely N-dealkylation sites (tertiary alicyclic amines) is 1. The van der Waals surface area contributed by atoms with Crippen molar-refractivity contribution in [2.24, 2.45) is 0 Å². The fourth-order valence-corrected chi connectivity index (χ4v) is 2.74. The summed E-state index contributed by atoms with van der Waals surface area (Å²) >= 11 is 3.16. The largest absolute Gasteiger partial charge is 0.444 e. The van der Waals surface area contributed by atoms with Gasteiger partial charge in [0.2, 0.25) is 0 Å². The Bertz CT molecular complexity index is 615. The Labute approximate surface area is 143 Å². The Morgan fingerprint density at radius 3 is 2.78 bits per heavy atom. The molecule has 1 atom stereocenters. The number of benzene rings is 1. The van der Waals surface area contributed by atoms with Gasteiger partial charge in [0.05, 0.1) is 9.40 Å². The molecule has 0 spiro atoms. The van der Waals surface area contributed by atoms with E-state index in [0.717, 1.165) is 6.42 Å². The average molecular weight is 386 g/mol. The van der Waals surface area contributed by atoms with Crippen molar-refractivity contribution in [2.75, 3.05) is 18.4 Å². The average Bonchev–Trinajstić information content (AvgIpc) is 2.87. The number of nitro benzene ring substituents is 1. The van der Waals surface area contributed by atoms with Gasteiger partial charge in [0.25, 0.3) is 5.69 Å². The maximum absolute atomic E-state index is 12.0. The minimum atomic E-state index is -0.519. The minimum absolute atomic E-state index is 0.0111. The molecule has 1 unspecified atom stereocenters. The van der Waals surface area contributed by atoms with Gasteiger partial charge in [-0.05, 0) is 55.3 Å². The summed E-state index contributed by atoms with van der Waals surface area (Å²) in [5.41, 5.74) is 0.155. The Morgan fingerprint density at radius 2 is 2.17 bits per heavy atom. The second-order valence-electron chi connectivity index (χ2n) is 6.48. The predicted octanol–water partition coefficient (Wildman–Crippen LogP) is 3.78. The Hall–Kier alpha value is -1.83. The molecular weight excluding hydrogens is 366 g/mol. The Kier molecular flexibility index (Phi) is 5.13. The highest BCUT2D eigenvalue weighted by Gasteiger charge is 2.29. The number of carbonyl (C=O) groups is 1. The molecule has 1 N–H and O–H groups in total. The molecule has 7 nitrogen and oxygen atoms in total. The van der Waals surface area contributed by atoms with Crippen molar-refractivity contribution in [3.63, 3.8) is 0 Å². The van der Waals surface area contributed by atoms with Crippen molar-refractivity contribution in [3.8, 4) is 0 Å². The number of rotatable bonds is 3. The summed E-state index contributed by atoms with van der Waals surface area (Å²) in [7, 11) is 0. The number of halogens is 1. The van der Waals surface area contributed by atoms with Crippen molar-refractivity contribution >= 4 is 33.4 Å². The third-order valence-corrected chi connectivity index (χ3v) is 4.02. The van der Waals surface area contributed by atoms with E-state index in [9.17, 15) is 14.9 Å². The zero-order valence-corrected chi connectivity index (χ0v) is 14.9.